The van der Waals surface area contributed by atoms with Gasteiger partial charge in [0.05, 0.1) is 6.10 Å². The fourth-order valence-corrected chi connectivity index (χ4v) is 5.04. The summed E-state index contributed by atoms with van der Waals surface area (Å²) < 4.78 is 6.14. The first-order chi connectivity index (χ1) is 11.3. The third-order valence-electron chi connectivity index (χ3n) is 5.59. The highest BCUT2D eigenvalue weighted by Crippen LogP contribution is 2.34. The van der Waals surface area contributed by atoms with Crippen molar-refractivity contribution in [1.29, 1.82) is 0 Å². The molecule has 3 atom stereocenters. The zero-order valence-electron chi connectivity index (χ0n) is 13.6. The number of hydrogen-bond donors (Lipinski definition) is 1. The number of thiophene rings is 1. The maximum absolute atomic E-state index is 12.4. The molecule has 1 amide bonds. The number of hydrogen-bond acceptors (Lipinski definition) is 4. The number of fused-ring (bicyclic) bond motifs is 1. The van der Waals surface area contributed by atoms with E-state index >= 15 is 0 Å². The van der Waals surface area contributed by atoms with Gasteiger partial charge in [-0.3, -0.25) is 9.69 Å². The van der Waals surface area contributed by atoms with Crippen LogP contribution in [0.4, 0.5) is 0 Å². The van der Waals surface area contributed by atoms with Crippen molar-refractivity contribution in [3.8, 4) is 0 Å². The van der Waals surface area contributed by atoms with Crippen molar-refractivity contribution in [2.75, 3.05) is 13.1 Å². The lowest BCUT2D eigenvalue weighted by atomic mass is 9.91. The first-order valence-electron chi connectivity index (χ1n) is 8.98. The minimum atomic E-state index is -0.215. The molecule has 3 heterocycles. The van der Waals surface area contributed by atoms with E-state index in [1.807, 2.05) is 11.3 Å². The van der Waals surface area contributed by atoms with Crippen LogP contribution in [0.2, 0.25) is 0 Å². The van der Waals surface area contributed by atoms with E-state index in [1.165, 1.54) is 17.7 Å². The average molecular weight is 334 g/mol. The second-order valence-corrected chi connectivity index (χ2v) is 8.28. The molecule has 0 aromatic carbocycles. The summed E-state index contributed by atoms with van der Waals surface area (Å²) in [7, 11) is 0. The Morgan fingerprint density at radius 2 is 2.22 bits per heavy atom. The molecule has 2 saturated heterocycles. The van der Waals surface area contributed by atoms with Crippen LogP contribution in [-0.4, -0.2) is 42.1 Å². The van der Waals surface area contributed by atoms with Crippen LogP contribution < -0.4 is 5.32 Å². The van der Waals surface area contributed by atoms with E-state index in [1.54, 1.807) is 0 Å². The highest BCUT2D eigenvalue weighted by Gasteiger charge is 2.42. The maximum Gasteiger partial charge on any atom is 0.249 e. The van der Waals surface area contributed by atoms with Gasteiger partial charge in [-0.05, 0) is 49.6 Å². The van der Waals surface area contributed by atoms with Crippen LogP contribution in [0, 0.1) is 5.92 Å². The fourth-order valence-electron chi connectivity index (χ4n) is 4.29. The van der Waals surface area contributed by atoms with Crippen molar-refractivity contribution in [3.63, 3.8) is 0 Å². The lowest BCUT2D eigenvalue weighted by molar-refractivity contribution is -0.133. The van der Waals surface area contributed by atoms with Gasteiger partial charge in [-0.1, -0.05) is 18.9 Å². The summed E-state index contributed by atoms with van der Waals surface area (Å²) in [6.45, 7) is 3.11. The Bertz CT molecular complexity index is 527. The molecule has 1 aromatic heterocycles. The molecule has 1 aromatic rings. The van der Waals surface area contributed by atoms with Crippen molar-refractivity contribution < 1.29 is 9.53 Å². The van der Waals surface area contributed by atoms with Crippen LogP contribution in [0.1, 0.15) is 43.4 Å². The minimum Gasteiger partial charge on any atom is -0.364 e. The van der Waals surface area contributed by atoms with Crippen molar-refractivity contribution in [2.24, 2.45) is 5.92 Å². The number of nitrogens with zero attached hydrogens (tertiary/aromatic N) is 1. The predicted octanol–water partition coefficient (Wildman–Crippen LogP) is 2.79. The third-order valence-corrected chi connectivity index (χ3v) is 6.45. The molecule has 4 rings (SSSR count). The number of carbonyl (C=O) groups is 1. The molecule has 23 heavy (non-hydrogen) atoms. The molecular weight excluding hydrogens is 308 g/mol. The van der Waals surface area contributed by atoms with Crippen molar-refractivity contribution in [2.45, 2.75) is 63.3 Å². The molecule has 126 valence electrons. The number of carbonyl (C=O) groups excluding carboxylic acids is 1. The second-order valence-electron chi connectivity index (χ2n) is 7.25. The zero-order chi connectivity index (χ0) is 15.6. The topological polar surface area (TPSA) is 41.6 Å². The molecule has 0 unspecified atom stereocenters. The van der Waals surface area contributed by atoms with Gasteiger partial charge in [0.1, 0.15) is 6.10 Å². The first kappa shape index (κ1) is 15.6. The van der Waals surface area contributed by atoms with Gasteiger partial charge in [-0.2, -0.15) is 0 Å². The first-order valence-corrected chi connectivity index (χ1v) is 9.86. The highest BCUT2D eigenvalue weighted by molar-refractivity contribution is 7.09. The van der Waals surface area contributed by atoms with E-state index in [4.69, 9.17) is 4.74 Å². The van der Waals surface area contributed by atoms with Crippen LogP contribution in [0.15, 0.2) is 17.5 Å². The molecule has 4 nitrogen and oxygen atoms in total. The van der Waals surface area contributed by atoms with E-state index in [0.717, 1.165) is 45.3 Å². The summed E-state index contributed by atoms with van der Waals surface area (Å²) in [5.74, 6) is 0.699. The monoisotopic (exact) mass is 334 g/mol. The molecule has 3 fully saturated rings. The number of ether oxygens (including phenoxy) is 1. The highest BCUT2D eigenvalue weighted by atomic mass is 32.1. The number of likely N-dealkylation sites (tertiary alicyclic amines) is 1. The summed E-state index contributed by atoms with van der Waals surface area (Å²) in [6.07, 6.45) is 6.87. The summed E-state index contributed by atoms with van der Waals surface area (Å²) >= 11 is 1.82. The molecule has 1 saturated carbocycles. The molecule has 0 spiro atoms. The molecule has 2 aliphatic heterocycles. The Hall–Kier alpha value is -0.910. The molecule has 0 bridgehead atoms. The Morgan fingerprint density at radius 3 is 3.00 bits per heavy atom. The van der Waals surface area contributed by atoms with E-state index in [-0.39, 0.29) is 18.1 Å². The summed E-state index contributed by atoms with van der Waals surface area (Å²) in [5, 5.41) is 5.34. The van der Waals surface area contributed by atoms with Crippen LogP contribution in [0.5, 0.6) is 0 Å². The van der Waals surface area contributed by atoms with Crippen LogP contribution in [-0.2, 0) is 16.1 Å². The lowest BCUT2D eigenvalue weighted by Crippen LogP contribution is -2.42. The smallest absolute Gasteiger partial charge is 0.249 e. The van der Waals surface area contributed by atoms with E-state index in [0.29, 0.717) is 12.0 Å². The number of amides is 1. The summed E-state index contributed by atoms with van der Waals surface area (Å²) in [4.78, 5) is 16.3. The van der Waals surface area contributed by atoms with Gasteiger partial charge in [0.15, 0.2) is 0 Å². The maximum atomic E-state index is 12.4. The van der Waals surface area contributed by atoms with Gasteiger partial charge in [-0.15, -0.1) is 11.3 Å². The number of nitrogens with one attached hydrogen (secondary N) is 1. The standard InChI is InChI=1S/C18H26N2O2S/c21-18(19-14-4-1-2-5-14)16-10-13-7-8-20(12-17(13)22-16)11-15-6-3-9-23-15/h3,6,9,13-14,16-17H,1-2,4-5,7-8,10-12H2,(H,19,21)/t13-,16-,17+/m0/s1. The normalized spacial score (nSPS) is 32.1. The second kappa shape index (κ2) is 6.91. The van der Waals surface area contributed by atoms with Crippen LogP contribution >= 0.6 is 11.3 Å². The lowest BCUT2D eigenvalue weighted by Gasteiger charge is -2.33. The van der Waals surface area contributed by atoms with Gasteiger partial charge in [0.25, 0.3) is 0 Å². The van der Waals surface area contributed by atoms with Gasteiger partial charge in [0.2, 0.25) is 5.91 Å². The van der Waals surface area contributed by atoms with Gasteiger partial charge < -0.3 is 10.1 Å². The summed E-state index contributed by atoms with van der Waals surface area (Å²) in [5.41, 5.74) is 0. The Morgan fingerprint density at radius 1 is 1.35 bits per heavy atom. The number of piperidine rings is 1. The van der Waals surface area contributed by atoms with Crippen LogP contribution in [0.25, 0.3) is 0 Å². The molecular formula is C18H26N2O2S. The van der Waals surface area contributed by atoms with Crippen molar-refractivity contribution in [3.05, 3.63) is 22.4 Å². The van der Waals surface area contributed by atoms with Gasteiger partial charge >= 0.3 is 0 Å². The fraction of sp³-hybridized carbons (Fsp3) is 0.722. The zero-order valence-corrected chi connectivity index (χ0v) is 14.4. The largest absolute Gasteiger partial charge is 0.364 e. The average Bonchev–Trinajstić information content (AvgIpc) is 3.27. The Balaban J connectivity index is 1.29. The molecule has 5 heteroatoms. The third kappa shape index (κ3) is 3.62. The molecule has 3 aliphatic rings. The van der Waals surface area contributed by atoms with Crippen molar-refractivity contribution >= 4 is 17.2 Å². The van der Waals surface area contributed by atoms with E-state index in [9.17, 15) is 4.79 Å². The van der Waals surface area contributed by atoms with Crippen LogP contribution in [0.3, 0.4) is 0 Å². The predicted molar refractivity (Wildman–Crippen MR) is 91.4 cm³/mol. The molecule has 1 N–H and O–H groups in total. The summed E-state index contributed by atoms with van der Waals surface area (Å²) in [6, 6.07) is 4.70. The van der Waals surface area contributed by atoms with Gasteiger partial charge in [-0.25, -0.2) is 0 Å². The van der Waals surface area contributed by atoms with Crippen molar-refractivity contribution in [1.82, 2.24) is 10.2 Å². The number of rotatable bonds is 4. The quantitative estimate of drug-likeness (QED) is 0.920. The molecule has 0 radical (unpaired) electrons. The SMILES string of the molecule is O=C(NC1CCCC1)[C@@H]1C[C@@H]2CCN(Cc3cccs3)C[C@H]2O1. The van der Waals surface area contributed by atoms with Gasteiger partial charge in [0, 0.05) is 24.0 Å². The molecule has 1 aliphatic carbocycles. The van der Waals surface area contributed by atoms with E-state index in [2.05, 4.69) is 27.7 Å². The Labute approximate surface area is 142 Å². The van der Waals surface area contributed by atoms with E-state index < -0.39 is 0 Å². The minimum absolute atomic E-state index is 0.135. The Kier molecular flexibility index (Phi) is 4.69.